The molecule has 7 nitrogen and oxygen atoms in total. The zero-order valence-corrected chi connectivity index (χ0v) is 11.5. The van der Waals surface area contributed by atoms with Crippen molar-refractivity contribution in [3.8, 4) is 5.75 Å². The first-order valence-electron chi connectivity index (χ1n) is 6.48. The lowest BCUT2D eigenvalue weighted by molar-refractivity contribution is -0.385. The van der Waals surface area contributed by atoms with Gasteiger partial charge in [-0.3, -0.25) is 10.1 Å². The SMILES string of the molecule is CCNCc1ccc([N+](=O)[O-])c(OCCOCCO)c1. The maximum Gasteiger partial charge on any atom is 0.310 e. The Balaban J connectivity index is 2.65. The first kappa shape index (κ1) is 16.4. The molecule has 0 fully saturated rings. The number of nitrogens with one attached hydrogen (secondary N) is 1. The number of nitrogens with zero attached hydrogens (tertiary/aromatic N) is 1. The van der Waals surface area contributed by atoms with Gasteiger partial charge in [-0.1, -0.05) is 13.0 Å². The van der Waals surface area contributed by atoms with Crippen molar-refractivity contribution in [3.05, 3.63) is 33.9 Å². The molecule has 0 aromatic heterocycles. The molecular formula is C13H20N2O5. The first-order valence-corrected chi connectivity index (χ1v) is 6.48. The molecule has 0 saturated carbocycles. The summed E-state index contributed by atoms with van der Waals surface area (Å²) in [6.45, 7) is 4.08. The quantitative estimate of drug-likeness (QED) is 0.379. The molecule has 0 amide bonds. The Labute approximate surface area is 117 Å². The second-order valence-corrected chi connectivity index (χ2v) is 4.02. The summed E-state index contributed by atoms with van der Waals surface area (Å²) >= 11 is 0. The highest BCUT2D eigenvalue weighted by molar-refractivity contribution is 5.48. The average Bonchev–Trinajstić information content (AvgIpc) is 2.44. The molecule has 0 saturated heterocycles. The van der Waals surface area contributed by atoms with Gasteiger partial charge in [0.05, 0.1) is 24.7 Å². The van der Waals surface area contributed by atoms with E-state index in [1.807, 2.05) is 6.92 Å². The van der Waals surface area contributed by atoms with Crippen molar-refractivity contribution in [1.29, 1.82) is 0 Å². The van der Waals surface area contributed by atoms with Crippen LogP contribution >= 0.6 is 0 Å². The minimum atomic E-state index is -0.471. The molecule has 0 aliphatic carbocycles. The van der Waals surface area contributed by atoms with E-state index in [0.29, 0.717) is 6.54 Å². The first-order chi connectivity index (χ1) is 9.69. The Kier molecular flexibility index (Phi) is 7.56. The van der Waals surface area contributed by atoms with Crippen LogP contribution in [-0.2, 0) is 11.3 Å². The zero-order valence-electron chi connectivity index (χ0n) is 11.5. The van der Waals surface area contributed by atoms with Crippen molar-refractivity contribution in [3.63, 3.8) is 0 Å². The summed E-state index contributed by atoms with van der Waals surface area (Å²) in [5, 5.41) is 22.6. The van der Waals surface area contributed by atoms with E-state index >= 15 is 0 Å². The molecule has 7 heteroatoms. The van der Waals surface area contributed by atoms with Crippen LogP contribution in [0.3, 0.4) is 0 Å². The number of ether oxygens (including phenoxy) is 2. The number of benzene rings is 1. The normalized spacial score (nSPS) is 10.5. The largest absolute Gasteiger partial charge is 0.484 e. The van der Waals surface area contributed by atoms with E-state index < -0.39 is 4.92 Å². The van der Waals surface area contributed by atoms with Crippen LogP contribution in [0.2, 0.25) is 0 Å². The minimum absolute atomic E-state index is 0.0572. The van der Waals surface area contributed by atoms with E-state index in [1.165, 1.54) is 6.07 Å². The van der Waals surface area contributed by atoms with Gasteiger partial charge in [0, 0.05) is 12.6 Å². The van der Waals surface area contributed by atoms with E-state index in [1.54, 1.807) is 12.1 Å². The maximum absolute atomic E-state index is 10.9. The molecule has 0 radical (unpaired) electrons. The number of hydrogen-bond donors (Lipinski definition) is 2. The molecule has 1 aromatic carbocycles. The summed E-state index contributed by atoms with van der Waals surface area (Å²) in [5.74, 6) is 0.234. The highest BCUT2D eigenvalue weighted by Gasteiger charge is 2.15. The molecule has 0 unspecified atom stereocenters. The Bertz CT molecular complexity index is 425. The van der Waals surface area contributed by atoms with Crippen molar-refractivity contribution >= 4 is 5.69 Å². The molecular weight excluding hydrogens is 264 g/mol. The molecule has 0 aliphatic rings. The highest BCUT2D eigenvalue weighted by Crippen LogP contribution is 2.27. The van der Waals surface area contributed by atoms with Gasteiger partial charge in [0.1, 0.15) is 6.61 Å². The zero-order chi connectivity index (χ0) is 14.8. The van der Waals surface area contributed by atoms with Crippen LogP contribution in [-0.4, -0.2) is 43.0 Å². The smallest absolute Gasteiger partial charge is 0.310 e. The summed E-state index contributed by atoms with van der Waals surface area (Å²) in [5.41, 5.74) is 0.858. The summed E-state index contributed by atoms with van der Waals surface area (Å²) in [7, 11) is 0. The molecule has 112 valence electrons. The number of nitro benzene ring substituents is 1. The fourth-order valence-electron chi connectivity index (χ4n) is 1.58. The average molecular weight is 284 g/mol. The van der Waals surface area contributed by atoms with Crippen LogP contribution in [0.25, 0.3) is 0 Å². The summed E-state index contributed by atoms with van der Waals surface area (Å²) < 4.78 is 10.4. The second kappa shape index (κ2) is 9.24. The second-order valence-electron chi connectivity index (χ2n) is 4.02. The van der Waals surface area contributed by atoms with E-state index in [2.05, 4.69) is 5.32 Å². The monoisotopic (exact) mass is 284 g/mol. The van der Waals surface area contributed by atoms with Gasteiger partial charge in [-0.2, -0.15) is 0 Å². The Hall–Kier alpha value is -1.70. The Morgan fingerprint density at radius 3 is 2.80 bits per heavy atom. The fraction of sp³-hybridized carbons (Fsp3) is 0.538. The van der Waals surface area contributed by atoms with Crippen molar-refractivity contribution < 1.29 is 19.5 Å². The van der Waals surface area contributed by atoms with Crippen LogP contribution in [0.15, 0.2) is 18.2 Å². The van der Waals surface area contributed by atoms with Crippen molar-refractivity contribution in [2.24, 2.45) is 0 Å². The molecule has 20 heavy (non-hydrogen) atoms. The molecule has 2 N–H and O–H groups in total. The van der Waals surface area contributed by atoms with Crippen LogP contribution in [0.1, 0.15) is 12.5 Å². The molecule has 0 atom stereocenters. The summed E-state index contributed by atoms with van der Waals surface area (Å²) in [4.78, 5) is 10.5. The minimum Gasteiger partial charge on any atom is -0.484 e. The number of hydrogen-bond acceptors (Lipinski definition) is 6. The van der Waals surface area contributed by atoms with Crippen LogP contribution < -0.4 is 10.1 Å². The van der Waals surface area contributed by atoms with Gasteiger partial charge >= 0.3 is 5.69 Å². The van der Waals surface area contributed by atoms with Gasteiger partial charge in [0.25, 0.3) is 0 Å². The molecule has 0 bridgehead atoms. The van der Waals surface area contributed by atoms with E-state index in [-0.39, 0.29) is 37.9 Å². The lowest BCUT2D eigenvalue weighted by Gasteiger charge is -2.09. The number of nitro groups is 1. The van der Waals surface area contributed by atoms with Crippen LogP contribution in [0, 0.1) is 10.1 Å². The summed E-state index contributed by atoms with van der Waals surface area (Å²) in [6, 6.07) is 4.80. The molecule has 1 rings (SSSR count). The third-order valence-electron chi connectivity index (χ3n) is 2.52. The van der Waals surface area contributed by atoms with Gasteiger partial charge < -0.3 is 19.9 Å². The van der Waals surface area contributed by atoms with Crippen molar-refractivity contribution in [2.75, 3.05) is 33.0 Å². The fourth-order valence-corrected chi connectivity index (χ4v) is 1.58. The van der Waals surface area contributed by atoms with Gasteiger partial charge in [-0.25, -0.2) is 0 Å². The number of aliphatic hydroxyl groups excluding tert-OH is 1. The lowest BCUT2D eigenvalue weighted by Crippen LogP contribution is -2.13. The van der Waals surface area contributed by atoms with Gasteiger partial charge in [-0.15, -0.1) is 0 Å². The van der Waals surface area contributed by atoms with Gasteiger partial charge in [0.2, 0.25) is 0 Å². The standard InChI is InChI=1S/C13H20N2O5/c1-2-14-10-11-3-4-12(15(17)18)13(9-11)20-8-7-19-6-5-16/h3-4,9,14,16H,2,5-8,10H2,1H3. The van der Waals surface area contributed by atoms with Crippen molar-refractivity contribution in [1.82, 2.24) is 5.32 Å². The highest BCUT2D eigenvalue weighted by atomic mass is 16.6. The predicted molar refractivity (Wildman–Crippen MR) is 73.9 cm³/mol. The van der Waals surface area contributed by atoms with Gasteiger partial charge in [-0.05, 0) is 18.2 Å². The molecule has 0 heterocycles. The van der Waals surface area contributed by atoms with E-state index in [4.69, 9.17) is 14.6 Å². The number of aliphatic hydroxyl groups is 1. The maximum atomic E-state index is 10.9. The molecule has 1 aromatic rings. The van der Waals surface area contributed by atoms with E-state index in [9.17, 15) is 10.1 Å². The third kappa shape index (κ3) is 5.52. The number of rotatable bonds is 10. The van der Waals surface area contributed by atoms with Crippen molar-refractivity contribution in [2.45, 2.75) is 13.5 Å². The Morgan fingerprint density at radius 2 is 2.15 bits per heavy atom. The van der Waals surface area contributed by atoms with Crippen LogP contribution in [0.5, 0.6) is 5.75 Å². The molecule has 0 aliphatic heterocycles. The topological polar surface area (TPSA) is 93.9 Å². The van der Waals surface area contributed by atoms with Gasteiger partial charge in [0.15, 0.2) is 5.75 Å². The third-order valence-corrected chi connectivity index (χ3v) is 2.52. The Morgan fingerprint density at radius 1 is 1.35 bits per heavy atom. The predicted octanol–water partition coefficient (Wildman–Crippen LogP) is 1.09. The van der Waals surface area contributed by atoms with Crippen LogP contribution in [0.4, 0.5) is 5.69 Å². The van der Waals surface area contributed by atoms with E-state index in [0.717, 1.165) is 12.1 Å². The summed E-state index contributed by atoms with van der Waals surface area (Å²) in [6.07, 6.45) is 0. The molecule has 0 spiro atoms. The lowest BCUT2D eigenvalue weighted by atomic mass is 10.2.